The number of aliphatic imine (C=N–C) groups is 1. The van der Waals surface area contributed by atoms with Gasteiger partial charge in [-0.1, -0.05) is 12.1 Å². The number of rotatable bonds is 3. The second-order valence-electron chi connectivity index (χ2n) is 6.20. The van der Waals surface area contributed by atoms with E-state index in [0.717, 1.165) is 11.8 Å². The number of hydrogen-bond donors (Lipinski definition) is 2. The maximum absolute atomic E-state index is 13.0. The number of halogens is 1. The number of carbonyl (C=O) groups is 1. The average Bonchev–Trinajstić information content (AvgIpc) is 2.99. The van der Waals surface area contributed by atoms with Crippen molar-refractivity contribution in [3.8, 4) is 0 Å². The highest BCUT2D eigenvalue weighted by Crippen LogP contribution is 2.42. The second-order valence-corrected chi connectivity index (χ2v) is 6.20. The van der Waals surface area contributed by atoms with Gasteiger partial charge in [0.05, 0.1) is 12.8 Å². The summed E-state index contributed by atoms with van der Waals surface area (Å²) in [5.74, 6) is -0.918. The van der Waals surface area contributed by atoms with E-state index in [0.29, 0.717) is 25.3 Å². The van der Waals surface area contributed by atoms with E-state index in [2.05, 4.69) is 15.3 Å². The minimum Gasteiger partial charge on any atom is -0.457 e. The SMILES string of the molecule is NC1=N[C@@]2(c3cccc(NC(=O)c4ccc(F)cn4)c3)CCOC[C@H]2O1. The van der Waals surface area contributed by atoms with E-state index in [4.69, 9.17) is 15.2 Å². The number of aromatic nitrogens is 1. The normalized spacial score (nSPS) is 24.3. The maximum Gasteiger partial charge on any atom is 0.283 e. The average molecular weight is 356 g/mol. The van der Waals surface area contributed by atoms with Gasteiger partial charge in [-0.15, -0.1) is 0 Å². The molecule has 8 heteroatoms. The number of fused-ring (bicyclic) bond motifs is 1. The number of nitrogens with one attached hydrogen (secondary N) is 1. The minimum absolute atomic E-state index is 0.130. The van der Waals surface area contributed by atoms with Crippen molar-refractivity contribution in [3.05, 3.63) is 59.7 Å². The summed E-state index contributed by atoms with van der Waals surface area (Å²) in [6.07, 6.45) is 1.35. The third-order valence-corrected chi connectivity index (χ3v) is 4.58. The van der Waals surface area contributed by atoms with Crippen molar-refractivity contribution >= 4 is 17.6 Å². The summed E-state index contributed by atoms with van der Waals surface area (Å²) < 4.78 is 24.0. The van der Waals surface area contributed by atoms with Crippen LogP contribution in [0.4, 0.5) is 10.1 Å². The fraction of sp³-hybridized carbons (Fsp3) is 0.278. The van der Waals surface area contributed by atoms with Crippen LogP contribution in [0.1, 0.15) is 22.5 Å². The Morgan fingerprint density at radius 2 is 2.23 bits per heavy atom. The number of ether oxygens (including phenoxy) is 2. The van der Waals surface area contributed by atoms with E-state index in [-0.39, 0.29) is 17.8 Å². The molecule has 0 saturated carbocycles. The van der Waals surface area contributed by atoms with Crippen LogP contribution in [0.5, 0.6) is 0 Å². The highest BCUT2D eigenvalue weighted by atomic mass is 19.1. The minimum atomic E-state index is -0.614. The number of pyridine rings is 1. The predicted octanol–water partition coefficient (Wildman–Crippen LogP) is 1.80. The van der Waals surface area contributed by atoms with Crippen molar-refractivity contribution in [3.63, 3.8) is 0 Å². The Balaban J connectivity index is 1.60. The number of amides is 1. The number of benzene rings is 1. The van der Waals surface area contributed by atoms with Gasteiger partial charge in [0.1, 0.15) is 17.1 Å². The molecular weight excluding hydrogens is 339 g/mol. The van der Waals surface area contributed by atoms with E-state index in [1.165, 1.54) is 12.1 Å². The number of carbonyl (C=O) groups excluding carboxylic acids is 1. The highest BCUT2D eigenvalue weighted by molar-refractivity contribution is 6.02. The molecule has 0 spiro atoms. The number of nitrogens with zero attached hydrogens (tertiary/aromatic N) is 2. The smallest absolute Gasteiger partial charge is 0.283 e. The van der Waals surface area contributed by atoms with Gasteiger partial charge in [-0.3, -0.25) is 4.79 Å². The van der Waals surface area contributed by atoms with Gasteiger partial charge in [0.25, 0.3) is 11.9 Å². The zero-order valence-electron chi connectivity index (χ0n) is 13.8. The van der Waals surface area contributed by atoms with Gasteiger partial charge in [-0.2, -0.15) is 0 Å². The van der Waals surface area contributed by atoms with E-state index in [1.54, 1.807) is 6.07 Å². The first-order valence-corrected chi connectivity index (χ1v) is 8.20. The second kappa shape index (κ2) is 6.38. The molecule has 0 aliphatic carbocycles. The van der Waals surface area contributed by atoms with E-state index < -0.39 is 17.3 Å². The molecule has 3 heterocycles. The van der Waals surface area contributed by atoms with Crippen LogP contribution in [0.3, 0.4) is 0 Å². The quantitative estimate of drug-likeness (QED) is 0.874. The van der Waals surface area contributed by atoms with Crippen LogP contribution in [-0.2, 0) is 15.0 Å². The van der Waals surface area contributed by atoms with Crippen LogP contribution in [0.2, 0.25) is 0 Å². The zero-order valence-corrected chi connectivity index (χ0v) is 13.8. The molecule has 1 fully saturated rings. The van der Waals surface area contributed by atoms with Crippen LogP contribution >= 0.6 is 0 Å². The van der Waals surface area contributed by atoms with Gasteiger partial charge in [0, 0.05) is 18.7 Å². The first kappa shape index (κ1) is 16.5. The zero-order chi connectivity index (χ0) is 18.1. The molecule has 26 heavy (non-hydrogen) atoms. The molecule has 3 N–H and O–H groups in total. The number of hydrogen-bond acceptors (Lipinski definition) is 6. The molecule has 1 aromatic carbocycles. The molecule has 2 atom stereocenters. The number of anilines is 1. The molecule has 4 rings (SSSR count). The summed E-state index contributed by atoms with van der Waals surface area (Å²) in [5.41, 5.74) is 6.77. The predicted molar refractivity (Wildman–Crippen MR) is 92.2 cm³/mol. The third kappa shape index (κ3) is 2.88. The van der Waals surface area contributed by atoms with Gasteiger partial charge in [0.2, 0.25) is 0 Å². The molecule has 0 radical (unpaired) electrons. The van der Waals surface area contributed by atoms with Crippen molar-refractivity contribution < 1.29 is 18.7 Å². The molecule has 134 valence electrons. The Morgan fingerprint density at radius 3 is 3.04 bits per heavy atom. The van der Waals surface area contributed by atoms with Crippen molar-refractivity contribution in [1.82, 2.24) is 4.98 Å². The summed E-state index contributed by atoms with van der Waals surface area (Å²) in [6.45, 7) is 0.951. The van der Waals surface area contributed by atoms with Crippen LogP contribution in [0, 0.1) is 5.82 Å². The number of nitrogens with two attached hydrogens (primary N) is 1. The van der Waals surface area contributed by atoms with E-state index in [1.807, 2.05) is 18.2 Å². The van der Waals surface area contributed by atoms with E-state index in [9.17, 15) is 9.18 Å². The van der Waals surface area contributed by atoms with Crippen LogP contribution in [0.25, 0.3) is 0 Å². The Hall–Kier alpha value is -3.00. The van der Waals surface area contributed by atoms with Crippen molar-refractivity contribution in [2.45, 2.75) is 18.1 Å². The van der Waals surface area contributed by atoms with Gasteiger partial charge in [0.15, 0.2) is 6.10 Å². The topological polar surface area (TPSA) is 98.8 Å². The highest BCUT2D eigenvalue weighted by Gasteiger charge is 2.49. The molecule has 7 nitrogen and oxygen atoms in total. The van der Waals surface area contributed by atoms with Crippen molar-refractivity contribution in [1.29, 1.82) is 0 Å². The Kier molecular flexibility index (Phi) is 4.04. The van der Waals surface area contributed by atoms with Crippen LogP contribution < -0.4 is 11.1 Å². The summed E-state index contributed by atoms with van der Waals surface area (Å²) in [7, 11) is 0. The van der Waals surface area contributed by atoms with Gasteiger partial charge in [-0.05, 0) is 29.8 Å². The van der Waals surface area contributed by atoms with Crippen molar-refractivity contribution in [2.24, 2.45) is 10.7 Å². The van der Waals surface area contributed by atoms with Crippen molar-refractivity contribution in [2.75, 3.05) is 18.5 Å². The van der Waals surface area contributed by atoms with Gasteiger partial charge in [-0.25, -0.2) is 14.4 Å². The lowest BCUT2D eigenvalue weighted by atomic mass is 9.81. The third-order valence-electron chi connectivity index (χ3n) is 4.58. The Bertz CT molecular complexity index is 871. The summed E-state index contributed by atoms with van der Waals surface area (Å²) in [4.78, 5) is 20.6. The lowest BCUT2D eigenvalue weighted by molar-refractivity contribution is -0.0339. The molecular formula is C18H17FN4O3. The lowest BCUT2D eigenvalue weighted by Gasteiger charge is -2.35. The van der Waals surface area contributed by atoms with Gasteiger partial charge >= 0.3 is 0 Å². The van der Waals surface area contributed by atoms with Crippen LogP contribution in [0.15, 0.2) is 47.6 Å². The van der Waals surface area contributed by atoms with Crippen LogP contribution in [-0.4, -0.2) is 36.2 Å². The number of amidine groups is 1. The Labute approximate surface area is 149 Å². The largest absolute Gasteiger partial charge is 0.457 e. The first-order chi connectivity index (χ1) is 12.6. The summed E-state index contributed by atoms with van der Waals surface area (Å²) in [5, 5.41) is 2.77. The monoisotopic (exact) mass is 356 g/mol. The fourth-order valence-corrected chi connectivity index (χ4v) is 3.31. The lowest BCUT2D eigenvalue weighted by Crippen LogP contribution is -2.44. The van der Waals surface area contributed by atoms with E-state index >= 15 is 0 Å². The molecule has 2 aliphatic rings. The maximum atomic E-state index is 13.0. The van der Waals surface area contributed by atoms with Gasteiger partial charge < -0.3 is 20.5 Å². The molecule has 0 unspecified atom stereocenters. The standard InChI is InChI=1S/C18H17FN4O3/c19-12-4-5-14(21-9-12)16(24)22-13-3-1-2-11(8-13)18-6-7-25-10-15(18)26-17(20)23-18/h1-5,8-9,15H,6-7,10H2,(H2,20,23)(H,22,24)/t15-,18-/m1/s1. The molecule has 2 aliphatic heterocycles. The first-order valence-electron chi connectivity index (χ1n) is 8.20. The molecule has 0 bridgehead atoms. The molecule has 1 amide bonds. The molecule has 2 aromatic rings. The summed E-state index contributed by atoms with van der Waals surface area (Å²) >= 11 is 0. The fourth-order valence-electron chi connectivity index (χ4n) is 3.31. The Morgan fingerprint density at radius 1 is 1.35 bits per heavy atom. The summed E-state index contributed by atoms with van der Waals surface area (Å²) in [6, 6.07) is 10.0. The molecule has 1 aromatic heterocycles. The molecule has 1 saturated heterocycles.